The van der Waals surface area contributed by atoms with Crippen molar-refractivity contribution in [1.29, 1.82) is 0 Å². The van der Waals surface area contributed by atoms with Crippen LogP contribution in [0.1, 0.15) is 25.3 Å². The fourth-order valence-corrected chi connectivity index (χ4v) is 2.69. The number of rotatable bonds is 5. The lowest BCUT2D eigenvalue weighted by atomic mass is 9.91. The van der Waals surface area contributed by atoms with E-state index in [0.29, 0.717) is 0 Å². The highest BCUT2D eigenvalue weighted by Gasteiger charge is 2.32. The number of hydrogen-bond donors (Lipinski definition) is 2. The van der Waals surface area contributed by atoms with Crippen LogP contribution in [0.3, 0.4) is 0 Å². The number of halogens is 2. The maximum atomic E-state index is 12.5. The molecule has 0 aliphatic carbocycles. The smallest absolute Gasteiger partial charge is 0.244 e. The largest absolute Gasteiger partial charge is 0.351 e. The number of benzene rings is 1. The second-order valence-electron chi connectivity index (χ2n) is 5.91. The fourth-order valence-electron chi connectivity index (χ4n) is 2.69. The molecular weight excluding hydrogens is 333 g/mol. The Kier molecular flexibility index (Phi) is 9.47. The van der Waals surface area contributed by atoms with E-state index in [4.69, 9.17) is 5.73 Å². The summed E-state index contributed by atoms with van der Waals surface area (Å²) in [5.41, 5.74) is 6.09. The minimum Gasteiger partial charge on any atom is -0.351 e. The highest BCUT2D eigenvalue weighted by atomic mass is 35.5. The molecule has 1 saturated heterocycles. The Labute approximate surface area is 151 Å². The number of carbonyl (C=O) groups is 1. The van der Waals surface area contributed by atoms with Gasteiger partial charge < -0.3 is 11.1 Å². The molecule has 1 unspecified atom stereocenters. The molecule has 1 aliphatic rings. The topological polar surface area (TPSA) is 58.4 Å². The van der Waals surface area contributed by atoms with Crippen LogP contribution in [0.25, 0.3) is 0 Å². The summed E-state index contributed by atoms with van der Waals surface area (Å²) >= 11 is 0. The maximum Gasteiger partial charge on any atom is 0.244 e. The molecule has 0 saturated carbocycles. The number of nitrogens with one attached hydrogen (secondary N) is 1. The average molecular weight is 360 g/mol. The van der Waals surface area contributed by atoms with Gasteiger partial charge in [0.2, 0.25) is 5.91 Å². The van der Waals surface area contributed by atoms with Crippen LogP contribution in [0.15, 0.2) is 43.0 Å². The molecule has 4 nitrogen and oxygen atoms in total. The predicted octanol–water partition coefficient (Wildman–Crippen LogP) is 2.47. The molecule has 0 radical (unpaired) electrons. The summed E-state index contributed by atoms with van der Waals surface area (Å²) in [6.07, 6.45) is 3.85. The molecule has 1 atom stereocenters. The number of likely N-dealkylation sites (tertiary alicyclic amines) is 1. The van der Waals surface area contributed by atoms with Crippen LogP contribution >= 0.6 is 24.8 Å². The van der Waals surface area contributed by atoms with E-state index in [0.717, 1.165) is 38.0 Å². The molecule has 1 aromatic rings. The van der Waals surface area contributed by atoms with E-state index in [1.807, 2.05) is 36.4 Å². The van der Waals surface area contributed by atoms with Gasteiger partial charge in [0, 0.05) is 25.7 Å². The Balaban J connectivity index is 0.00000242. The fraction of sp³-hybridized carbons (Fsp3) is 0.471. The van der Waals surface area contributed by atoms with Gasteiger partial charge in [0.25, 0.3) is 0 Å². The molecule has 0 spiro atoms. The van der Waals surface area contributed by atoms with Gasteiger partial charge in [0.1, 0.15) is 5.54 Å². The highest BCUT2D eigenvalue weighted by Crippen LogP contribution is 2.19. The van der Waals surface area contributed by atoms with Crippen molar-refractivity contribution in [2.45, 2.75) is 31.3 Å². The second kappa shape index (κ2) is 9.93. The maximum absolute atomic E-state index is 12.5. The van der Waals surface area contributed by atoms with Crippen LogP contribution in [0.4, 0.5) is 0 Å². The Morgan fingerprint density at radius 1 is 1.35 bits per heavy atom. The van der Waals surface area contributed by atoms with Crippen molar-refractivity contribution in [1.82, 2.24) is 10.2 Å². The molecule has 3 N–H and O–H groups in total. The van der Waals surface area contributed by atoms with Crippen LogP contribution < -0.4 is 11.1 Å². The van der Waals surface area contributed by atoms with Gasteiger partial charge in [-0.1, -0.05) is 36.4 Å². The van der Waals surface area contributed by atoms with Crippen molar-refractivity contribution in [2.75, 3.05) is 19.6 Å². The molecule has 130 valence electrons. The monoisotopic (exact) mass is 359 g/mol. The highest BCUT2D eigenvalue weighted by molar-refractivity contribution is 5.87. The quantitative estimate of drug-likeness (QED) is 0.793. The van der Waals surface area contributed by atoms with Crippen LogP contribution in [-0.2, 0) is 10.3 Å². The summed E-state index contributed by atoms with van der Waals surface area (Å²) < 4.78 is 0. The van der Waals surface area contributed by atoms with Crippen molar-refractivity contribution < 1.29 is 4.79 Å². The Bertz CT molecular complexity index is 486. The second-order valence-corrected chi connectivity index (χ2v) is 5.91. The molecular formula is C17H27Cl2N3O. The number of nitrogens with two attached hydrogens (primary N) is 1. The van der Waals surface area contributed by atoms with Crippen LogP contribution in [-0.4, -0.2) is 36.5 Å². The van der Waals surface area contributed by atoms with Gasteiger partial charge >= 0.3 is 0 Å². The molecule has 1 fully saturated rings. The SMILES string of the molecule is C=CCN1CCC(NC(=O)C(C)(N)c2ccccc2)CC1.Cl.Cl. The van der Waals surface area contributed by atoms with Crippen molar-refractivity contribution in [3.05, 3.63) is 48.6 Å². The van der Waals surface area contributed by atoms with E-state index in [1.54, 1.807) is 6.92 Å². The Hall–Kier alpha value is -1.07. The van der Waals surface area contributed by atoms with E-state index in [-0.39, 0.29) is 36.8 Å². The summed E-state index contributed by atoms with van der Waals surface area (Å²) in [5, 5.41) is 3.10. The third-order valence-electron chi connectivity index (χ3n) is 4.16. The number of hydrogen-bond acceptors (Lipinski definition) is 3. The van der Waals surface area contributed by atoms with Gasteiger partial charge in [-0.25, -0.2) is 0 Å². The molecule has 1 aliphatic heterocycles. The first kappa shape index (κ1) is 21.9. The Morgan fingerprint density at radius 3 is 2.43 bits per heavy atom. The minimum absolute atomic E-state index is 0. The summed E-state index contributed by atoms with van der Waals surface area (Å²) in [6.45, 7) is 8.42. The van der Waals surface area contributed by atoms with Crippen LogP contribution in [0.2, 0.25) is 0 Å². The lowest BCUT2D eigenvalue weighted by Gasteiger charge is -2.34. The van der Waals surface area contributed by atoms with Crippen LogP contribution in [0.5, 0.6) is 0 Å². The predicted molar refractivity (Wildman–Crippen MR) is 100 cm³/mol. The molecule has 1 amide bonds. The summed E-state index contributed by atoms with van der Waals surface area (Å²) in [5.74, 6) is -0.101. The van der Waals surface area contributed by atoms with Gasteiger partial charge in [-0.3, -0.25) is 9.69 Å². The zero-order valence-electron chi connectivity index (χ0n) is 13.5. The molecule has 2 rings (SSSR count). The number of amides is 1. The standard InChI is InChI=1S/C17H25N3O.2ClH/c1-3-11-20-12-9-15(10-13-20)19-16(21)17(2,18)14-7-5-4-6-8-14;;/h3-8,15H,1,9-13,18H2,2H3,(H,19,21);2*1H. The van der Waals surface area contributed by atoms with Gasteiger partial charge in [0.05, 0.1) is 0 Å². The molecule has 1 heterocycles. The summed E-state index contributed by atoms with van der Waals surface area (Å²) in [6, 6.07) is 9.74. The van der Waals surface area contributed by atoms with E-state index in [9.17, 15) is 4.79 Å². The van der Waals surface area contributed by atoms with Gasteiger partial charge in [0.15, 0.2) is 0 Å². The third-order valence-corrected chi connectivity index (χ3v) is 4.16. The minimum atomic E-state index is -0.987. The van der Waals surface area contributed by atoms with E-state index in [2.05, 4.69) is 16.8 Å². The molecule has 1 aromatic carbocycles. The molecule has 6 heteroatoms. The molecule has 0 bridgehead atoms. The summed E-state index contributed by atoms with van der Waals surface area (Å²) in [4.78, 5) is 14.8. The van der Waals surface area contributed by atoms with Crippen molar-refractivity contribution in [2.24, 2.45) is 5.73 Å². The van der Waals surface area contributed by atoms with Gasteiger partial charge in [-0.2, -0.15) is 0 Å². The van der Waals surface area contributed by atoms with Crippen molar-refractivity contribution >= 4 is 30.7 Å². The number of piperidine rings is 1. The van der Waals surface area contributed by atoms with Crippen LogP contribution in [0, 0.1) is 0 Å². The number of carbonyl (C=O) groups excluding carboxylic acids is 1. The third kappa shape index (κ3) is 5.81. The molecule has 0 aromatic heterocycles. The van der Waals surface area contributed by atoms with Gasteiger partial charge in [-0.15, -0.1) is 31.4 Å². The zero-order chi connectivity index (χ0) is 15.3. The molecule has 23 heavy (non-hydrogen) atoms. The average Bonchev–Trinajstić information content (AvgIpc) is 2.50. The van der Waals surface area contributed by atoms with E-state index < -0.39 is 5.54 Å². The van der Waals surface area contributed by atoms with Gasteiger partial charge in [-0.05, 0) is 25.3 Å². The Morgan fingerprint density at radius 2 is 1.91 bits per heavy atom. The normalized spacial score (nSPS) is 18.0. The van der Waals surface area contributed by atoms with Crippen molar-refractivity contribution in [3.63, 3.8) is 0 Å². The first-order valence-electron chi connectivity index (χ1n) is 7.52. The first-order chi connectivity index (χ1) is 10.0. The lowest BCUT2D eigenvalue weighted by Crippen LogP contribution is -2.54. The number of nitrogens with zero attached hydrogens (tertiary/aromatic N) is 1. The van der Waals surface area contributed by atoms with E-state index >= 15 is 0 Å². The van der Waals surface area contributed by atoms with E-state index in [1.165, 1.54) is 0 Å². The first-order valence-corrected chi connectivity index (χ1v) is 7.52. The lowest BCUT2D eigenvalue weighted by molar-refractivity contribution is -0.127. The zero-order valence-corrected chi connectivity index (χ0v) is 15.2. The summed E-state index contributed by atoms with van der Waals surface area (Å²) in [7, 11) is 0. The van der Waals surface area contributed by atoms with Crippen molar-refractivity contribution in [3.8, 4) is 0 Å².